The van der Waals surface area contributed by atoms with Gasteiger partial charge in [-0.2, -0.15) is 0 Å². The van der Waals surface area contributed by atoms with Crippen molar-refractivity contribution in [1.82, 2.24) is 5.32 Å². The van der Waals surface area contributed by atoms with Gasteiger partial charge in [-0.15, -0.1) is 23.5 Å². The van der Waals surface area contributed by atoms with E-state index in [0.29, 0.717) is 17.0 Å². The Hall–Kier alpha value is -1.39. The van der Waals surface area contributed by atoms with Gasteiger partial charge in [0.1, 0.15) is 0 Å². The molecule has 1 N–H and O–H groups in total. The fourth-order valence-corrected chi connectivity index (χ4v) is 5.61. The van der Waals surface area contributed by atoms with Crippen LogP contribution in [0.5, 0.6) is 0 Å². The van der Waals surface area contributed by atoms with Crippen LogP contribution in [-0.2, 0) is 0 Å². The SMILES string of the molecule is C[C@H](CNC(=O)c1ccc(C2SCCCS2)cc1)c1ccccc1. The summed E-state index contributed by atoms with van der Waals surface area (Å²) in [5.41, 5.74) is 3.31. The monoisotopic (exact) mass is 357 g/mol. The first-order chi connectivity index (χ1) is 11.7. The van der Waals surface area contributed by atoms with E-state index in [0.717, 1.165) is 5.56 Å². The van der Waals surface area contributed by atoms with Crippen LogP contribution in [0, 0.1) is 0 Å². The van der Waals surface area contributed by atoms with Gasteiger partial charge in [0.2, 0.25) is 0 Å². The average Bonchev–Trinajstić information content (AvgIpc) is 2.67. The molecule has 1 amide bonds. The quantitative estimate of drug-likeness (QED) is 0.808. The van der Waals surface area contributed by atoms with Crippen molar-refractivity contribution in [3.8, 4) is 0 Å². The van der Waals surface area contributed by atoms with E-state index in [4.69, 9.17) is 0 Å². The first-order valence-corrected chi connectivity index (χ1v) is 10.5. The number of hydrogen-bond donors (Lipinski definition) is 1. The van der Waals surface area contributed by atoms with Crippen LogP contribution in [0.3, 0.4) is 0 Å². The smallest absolute Gasteiger partial charge is 0.251 e. The van der Waals surface area contributed by atoms with E-state index in [1.165, 1.54) is 29.1 Å². The summed E-state index contributed by atoms with van der Waals surface area (Å²) in [5.74, 6) is 2.78. The number of nitrogens with one attached hydrogen (secondary N) is 1. The molecule has 2 aromatic rings. The Labute approximate surface area is 152 Å². The van der Waals surface area contributed by atoms with E-state index in [-0.39, 0.29) is 5.91 Å². The summed E-state index contributed by atoms with van der Waals surface area (Å²) < 4.78 is 0.522. The number of benzene rings is 2. The number of hydrogen-bond acceptors (Lipinski definition) is 3. The fourth-order valence-electron chi connectivity index (χ4n) is 2.72. The van der Waals surface area contributed by atoms with E-state index >= 15 is 0 Å². The van der Waals surface area contributed by atoms with Crippen molar-refractivity contribution in [2.75, 3.05) is 18.1 Å². The van der Waals surface area contributed by atoms with Crippen LogP contribution in [-0.4, -0.2) is 24.0 Å². The molecule has 1 aliphatic heterocycles. The summed E-state index contributed by atoms with van der Waals surface area (Å²) in [6, 6.07) is 18.4. The number of rotatable bonds is 5. The lowest BCUT2D eigenvalue weighted by Crippen LogP contribution is -2.27. The van der Waals surface area contributed by atoms with Gasteiger partial charge < -0.3 is 5.32 Å². The number of amides is 1. The second-order valence-electron chi connectivity index (χ2n) is 6.07. The van der Waals surface area contributed by atoms with Crippen molar-refractivity contribution >= 4 is 29.4 Å². The van der Waals surface area contributed by atoms with Crippen molar-refractivity contribution in [1.29, 1.82) is 0 Å². The summed E-state index contributed by atoms with van der Waals surface area (Å²) in [5, 5.41) is 3.05. The highest BCUT2D eigenvalue weighted by Gasteiger charge is 2.17. The molecule has 0 aromatic heterocycles. The van der Waals surface area contributed by atoms with Crippen molar-refractivity contribution in [3.05, 3.63) is 71.3 Å². The van der Waals surface area contributed by atoms with Gasteiger partial charge >= 0.3 is 0 Å². The number of thioether (sulfide) groups is 2. The molecule has 1 aliphatic rings. The third kappa shape index (κ3) is 4.58. The van der Waals surface area contributed by atoms with Crippen molar-refractivity contribution in [2.45, 2.75) is 23.8 Å². The molecule has 1 fully saturated rings. The lowest BCUT2D eigenvalue weighted by Gasteiger charge is -2.21. The van der Waals surface area contributed by atoms with Crippen LogP contribution in [0.4, 0.5) is 0 Å². The van der Waals surface area contributed by atoms with E-state index in [9.17, 15) is 4.79 Å². The average molecular weight is 358 g/mol. The first kappa shape index (κ1) is 17.4. The van der Waals surface area contributed by atoms with Crippen LogP contribution in [0.15, 0.2) is 54.6 Å². The normalized spacial score (nSPS) is 16.5. The topological polar surface area (TPSA) is 29.1 Å². The standard InChI is InChI=1S/C20H23NOS2/c1-15(16-6-3-2-4-7-16)14-21-19(22)17-8-10-18(11-9-17)20-23-12-5-13-24-20/h2-4,6-11,15,20H,5,12-14H2,1H3,(H,21,22)/t15-/m1/s1. The molecule has 2 aromatic carbocycles. The third-order valence-corrected chi connectivity index (χ3v) is 7.22. The lowest BCUT2D eigenvalue weighted by molar-refractivity contribution is 0.0951. The van der Waals surface area contributed by atoms with Gasteiger partial charge in [0.15, 0.2) is 0 Å². The van der Waals surface area contributed by atoms with Gasteiger partial charge in [-0.05, 0) is 47.1 Å². The fraction of sp³-hybridized carbons (Fsp3) is 0.350. The summed E-state index contributed by atoms with van der Waals surface area (Å²) in [6.45, 7) is 2.79. The van der Waals surface area contributed by atoms with Crippen molar-refractivity contribution < 1.29 is 4.79 Å². The van der Waals surface area contributed by atoms with Gasteiger partial charge in [0.25, 0.3) is 5.91 Å². The molecule has 0 saturated carbocycles. The molecule has 0 radical (unpaired) electrons. The van der Waals surface area contributed by atoms with E-state index in [1.807, 2.05) is 53.9 Å². The zero-order valence-electron chi connectivity index (χ0n) is 13.9. The third-order valence-electron chi connectivity index (χ3n) is 4.21. The van der Waals surface area contributed by atoms with Crippen LogP contribution >= 0.6 is 23.5 Å². The Balaban J connectivity index is 1.55. The maximum Gasteiger partial charge on any atom is 0.251 e. The molecule has 1 heterocycles. The van der Waals surface area contributed by atoms with Gasteiger partial charge in [-0.1, -0.05) is 49.4 Å². The molecule has 2 nitrogen and oxygen atoms in total. The minimum atomic E-state index is 0.00767. The maximum atomic E-state index is 12.3. The summed E-state index contributed by atoms with van der Waals surface area (Å²) in [6.07, 6.45) is 1.30. The molecule has 24 heavy (non-hydrogen) atoms. The Morgan fingerprint density at radius 1 is 1.08 bits per heavy atom. The number of carbonyl (C=O) groups is 1. The van der Waals surface area contributed by atoms with Crippen LogP contribution in [0.2, 0.25) is 0 Å². The molecule has 0 aliphatic carbocycles. The molecule has 0 bridgehead atoms. The van der Waals surface area contributed by atoms with Crippen LogP contribution in [0.25, 0.3) is 0 Å². The van der Waals surface area contributed by atoms with E-state index in [2.05, 4.69) is 36.5 Å². The zero-order valence-corrected chi connectivity index (χ0v) is 15.5. The highest BCUT2D eigenvalue weighted by Crippen LogP contribution is 2.43. The molecular weight excluding hydrogens is 334 g/mol. The Kier molecular flexibility index (Phi) is 6.27. The highest BCUT2D eigenvalue weighted by atomic mass is 32.2. The Morgan fingerprint density at radius 2 is 1.75 bits per heavy atom. The molecule has 1 saturated heterocycles. The van der Waals surface area contributed by atoms with Gasteiger partial charge in [-0.3, -0.25) is 4.79 Å². The second-order valence-corrected chi connectivity index (χ2v) is 8.80. The van der Waals surface area contributed by atoms with E-state index < -0.39 is 0 Å². The summed E-state index contributed by atoms with van der Waals surface area (Å²) >= 11 is 4.01. The Morgan fingerprint density at radius 3 is 2.42 bits per heavy atom. The van der Waals surface area contributed by atoms with Gasteiger partial charge in [-0.25, -0.2) is 0 Å². The maximum absolute atomic E-state index is 12.3. The first-order valence-electron chi connectivity index (χ1n) is 8.40. The van der Waals surface area contributed by atoms with Gasteiger partial charge in [0, 0.05) is 12.1 Å². The molecular formula is C20H23NOS2. The Bertz CT molecular complexity index is 651. The molecule has 3 rings (SSSR count). The predicted octanol–water partition coefficient (Wildman–Crippen LogP) is 5.09. The molecule has 0 spiro atoms. The minimum absolute atomic E-state index is 0.00767. The van der Waals surface area contributed by atoms with E-state index in [1.54, 1.807) is 0 Å². The predicted molar refractivity (Wildman–Crippen MR) is 106 cm³/mol. The summed E-state index contributed by atoms with van der Waals surface area (Å²) in [7, 11) is 0. The lowest BCUT2D eigenvalue weighted by atomic mass is 10.0. The van der Waals surface area contributed by atoms with Gasteiger partial charge in [0.05, 0.1) is 4.58 Å². The molecule has 4 heteroatoms. The minimum Gasteiger partial charge on any atom is -0.351 e. The van der Waals surface area contributed by atoms with Crippen molar-refractivity contribution in [3.63, 3.8) is 0 Å². The largest absolute Gasteiger partial charge is 0.351 e. The second kappa shape index (κ2) is 8.63. The molecule has 126 valence electrons. The zero-order chi connectivity index (χ0) is 16.8. The van der Waals surface area contributed by atoms with Crippen LogP contribution < -0.4 is 5.32 Å². The van der Waals surface area contributed by atoms with Crippen molar-refractivity contribution in [2.24, 2.45) is 0 Å². The molecule has 0 unspecified atom stereocenters. The highest BCUT2D eigenvalue weighted by molar-refractivity contribution is 8.16. The molecule has 1 atom stereocenters. The number of carbonyl (C=O) groups excluding carboxylic acids is 1. The summed E-state index contributed by atoms with van der Waals surface area (Å²) in [4.78, 5) is 12.3. The van der Waals surface area contributed by atoms with Crippen LogP contribution in [0.1, 0.15) is 45.3 Å².